The maximum absolute atomic E-state index is 13.3. The van der Waals surface area contributed by atoms with E-state index in [0.29, 0.717) is 26.2 Å². The van der Waals surface area contributed by atoms with E-state index in [1.54, 1.807) is 0 Å². The third-order valence-electron chi connectivity index (χ3n) is 3.24. The standard InChI is InChI=1S/C12H15BrClFN2O2S/c13-3-4-16-5-7-17(8-6-16)20(18,19)12-9-10(15)1-2-11(12)14/h1-2,9H,3-8H2. The molecule has 20 heavy (non-hydrogen) atoms. The van der Waals surface area contributed by atoms with Crippen molar-refractivity contribution in [2.45, 2.75) is 4.90 Å². The Balaban J connectivity index is 2.18. The van der Waals surface area contributed by atoms with Crippen LogP contribution in [0.15, 0.2) is 23.1 Å². The molecule has 0 amide bonds. The summed E-state index contributed by atoms with van der Waals surface area (Å²) in [5.74, 6) is -0.606. The van der Waals surface area contributed by atoms with Gasteiger partial charge in [0.05, 0.1) is 5.02 Å². The van der Waals surface area contributed by atoms with Gasteiger partial charge in [-0.2, -0.15) is 4.31 Å². The summed E-state index contributed by atoms with van der Waals surface area (Å²) in [7, 11) is -3.73. The van der Waals surface area contributed by atoms with Crippen LogP contribution < -0.4 is 0 Å². The fourth-order valence-electron chi connectivity index (χ4n) is 2.13. The van der Waals surface area contributed by atoms with Gasteiger partial charge in [0, 0.05) is 38.1 Å². The van der Waals surface area contributed by atoms with Gasteiger partial charge in [-0.05, 0) is 18.2 Å². The summed E-state index contributed by atoms with van der Waals surface area (Å²) >= 11 is 9.25. The molecule has 8 heteroatoms. The summed E-state index contributed by atoms with van der Waals surface area (Å²) in [6, 6.07) is 3.39. The van der Waals surface area contributed by atoms with Gasteiger partial charge >= 0.3 is 0 Å². The third kappa shape index (κ3) is 3.51. The molecule has 0 aromatic heterocycles. The molecular weight excluding hydrogens is 371 g/mol. The van der Waals surface area contributed by atoms with Gasteiger partial charge in [-0.1, -0.05) is 27.5 Å². The van der Waals surface area contributed by atoms with Gasteiger partial charge in [-0.15, -0.1) is 0 Å². The number of sulfonamides is 1. The predicted molar refractivity (Wildman–Crippen MR) is 80.4 cm³/mol. The molecule has 0 spiro atoms. The smallest absolute Gasteiger partial charge is 0.244 e. The van der Waals surface area contributed by atoms with Crippen LogP contribution in [0, 0.1) is 5.82 Å². The van der Waals surface area contributed by atoms with E-state index in [0.717, 1.165) is 24.0 Å². The molecule has 0 atom stereocenters. The van der Waals surface area contributed by atoms with Gasteiger partial charge in [0.1, 0.15) is 10.7 Å². The molecule has 2 rings (SSSR count). The molecule has 0 bridgehead atoms. The average molecular weight is 386 g/mol. The summed E-state index contributed by atoms with van der Waals surface area (Å²) in [6.07, 6.45) is 0. The van der Waals surface area contributed by atoms with E-state index in [2.05, 4.69) is 20.8 Å². The first-order chi connectivity index (χ1) is 9.45. The second-order valence-electron chi connectivity index (χ2n) is 4.51. The van der Waals surface area contributed by atoms with Gasteiger partial charge in [-0.3, -0.25) is 4.90 Å². The van der Waals surface area contributed by atoms with Crippen LogP contribution in [0.5, 0.6) is 0 Å². The predicted octanol–water partition coefficient (Wildman–Crippen LogP) is 2.18. The SMILES string of the molecule is O=S(=O)(c1cc(F)ccc1Cl)N1CCN(CCBr)CC1. The van der Waals surface area contributed by atoms with Crippen LogP contribution in [0.1, 0.15) is 0 Å². The molecule has 0 N–H and O–H groups in total. The van der Waals surface area contributed by atoms with E-state index in [1.165, 1.54) is 10.4 Å². The highest BCUT2D eigenvalue weighted by Gasteiger charge is 2.30. The molecule has 1 aromatic carbocycles. The highest BCUT2D eigenvalue weighted by Crippen LogP contribution is 2.26. The topological polar surface area (TPSA) is 40.6 Å². The molecule has 1 fully saturated rings. The molecule has 1 aliphatic heterocycles. The number of alkyl halides is 1. The Morgan fingerprint density at radius 1 is 1.25 bits per heavy atom. The summed E-state index contributed by atoms with van der Waals surface area (Å²) in [5, 5.41) is 0.907. The summed E-state index contributed by atoms with van der Waals surface area (Å²) in [6.45, 7) is 2.99. The van der Waals surface area contributed by atoms with Crippen molar-refractivity contribution in [3.8, 4) is 0 Å². The number of rotatable bonds is 4. The lowest BCUT2D eigenvalue weighted by atomic mass is 10.3. The normalized spacial score (nSPS) is 18.4. The summed E-state index contributed by atoms with van der Waals surface area (Å²) in [4.78, 5) is 2.02. The summed E-state index contributed by atoms with van der Waals surface area (Å²) in [5.41, 5.74) is 0. The van der Waals surface area contributed by atoms with E-state index >= 15 is 0 Å². The Bertz CT molecular complexity index is 577. The minimum Gasteiger partial charge on any atom is -0.300 e. The van der Waals surface area contributed by atoms with Crippen molar-refractivity contribution < 1.29 is 12.8 Å². The van der Waals surface area contributed by atoms with Crippen LogP contribution in [0.2, 0.25) is 5.02 Å². The van der Waals surface area contributed by atoms with Crippen molar-refractivity contribution in [1.82, 2.24) is 9.21 Å². The minimum atomic E-state index is -3.73. The van der Waals surface area contributed by atoms with Crippen molar-refractivity contribution in [2.24, 2.45) is 0 Å². The number of benzene rings is 1. The number of hydrogen-bond donors (Lipinski definition) is 0. The molecular formula is C12H15BrClFN2O2S. The fourth-order valence-corrected chi connectivity index (χ4v) is 4.54. The van der Waals surface area contributed by atoms with Crippen LogP contribution in [0.25, 0.3) is 0 Å². The Hall–Kier alpha value is -0.210. The van der Waals surface area contributed by atoms with Gasteiger partial charge in [0.15, 0.2) is 0 Å². The quantitative estimate of drug-likeness (QED) is 0.746. The van der Waals surface area contributed by atoms with Gasteiger partial charge in [0.25, 0.3) is 0 Å². The largest absolute Gasteiger partial charge is 0.300 e. The average Bonchev–Trinajstić information content (AvgIpc) is 2.42. The van der Waals surface area contributed by atoms with E-state index in [9.17, 15) is 12.8 Å². The zero-order valence-corrected chi connectivity index (χ0v) is 13.9. The van der Waals surface area contributed by atoms with E-state index in [-0.39, 0.29) is 9.92 Å². The van der Waals surface area contributed by atoms with E-state index in [1.807, 2.05) is 0 Å². The van der Waals surface area contributed by atoms with Crippen molar-refractivity contribution in [2.75, 3.05) is 38.1 Å². The molecule has 1 saturated heterocycles. The van der Waals surface area contributed by atoms with Gasteiger partial charge in [0.2, 0.25) is 10.0 Å². The molecule has 0 aliphatic carbocycles. The van der Waals surface area contributed by atoms with Crippen LogP contribution in [-0.4, -0.2) is 55.7 Å². The Morgan fingerprint density at radius 2 is 1.90 bits per heavy atom. The van der Waals surface area contributed by atoms with Crippen LogP contribution >= 0.6 is 27.5 Å². The van der Waals surface area contributed by atoms with Crippen LogP contribution in [0.3, 0.4) is 0 Å². The van der Waals surface area contributed by atoms with Gasteiger partial charge < -0.3 is 0 Å². The molecule has 4 nitrogen and oxygen atoms in total. The minimum absolute atomic E-state index is 0.0503. The molecule has 1 aliphatic rings. The first-order valence-corrected chi connectivity index (χ1v) is 9.12. The van der Waals surface area contributed by atoms with Gasteiger partial charge in [-0.25, -0.2) is 12.8 Å². The lowest BCUT2D eigenvalue weighted by molar-refractivity contribution is 0.198. The Kier molecular flexibility index (Phi) is 5.42. The molecule has 0 saturated carbocycles. The molecule has 0 unspecified atom stereocenters. The zero-order valence-electron chi connectivity index (χ0n) is 10.7. The number of halogens is 3. The molecule has 1 heterocycles. The zero-order chi connectivity index (χ0) is 14.8. The number of piperazine rings is 1. The Morgan fingerprint density at radius 3 is 2.50 bits per heavy atom. The van der Waals surface area contributed by atoms with Crippen molar-refractivity contribution in [3.63, 3.8) is 0 Å². The molecule has 112 valence electrons. The number of hydrogen-bond acceptors (Lipinski definition) is 3. The number of nitrogens with zero attached hydrogens (tertiary/aromatic N) is 2. The maximum Gasteiger partial charge on any atom is 0.244 e. The van der Waals surface area contributed by atoms with Crippen molar-refractivity contribution in [3.05, 3.63) is 29.0 Å². The lowest BCUT2D eigenvalue weighted by Crippen LogP contribution is -2.49. The monoisotopic (exact) mass is 384 g/mol. The lowest BCUT2D eigenvalue weighted by Gasteiger charge is -2.33. The van der Waals surface area contributed by atoms with Crippen molar-refractivity contribution in [1.29, 1.82) is 0 Å². The van der Waals surface area contributed by atoms with E-state index in [4.69, 9.17) is 11.6 Å². The molecule has 0 radical (unpaired) electrons. The Labute approximate surface area is 131 Å². The highest BCUT2D eigenvalue weighted by molar-refractivity contribution is 9.09. The van der Waals surface area contributed by atoms with Crippen LogP contribution in [-0.2, 0) is 10.0 Å². The highest BCUT2D eigenvalue weighted by atomic mass is 79.9. The summed E-state index contributed by atoms with van der Waals surface area (Å²) < 4.78 is 39.6. The van der Waals surface area contributed by atoms with Crippen molar-refractivity contribution >= 4 is 37.6 Å². The van der Waals surface area contributed by atoms with Crippen LogP contribution in [0.4, 0.5) is 4.39 Å². The van der Waals surface area contributed by atoms with E-state index < -0.39 is 15.8 Å². The first-order valence-electron chi connectivity index (χ1n) is 6.18. The molecule has 1 aromatic rings. The second kappa shape index (κ2) is 6.70. The fraction of sp³-hybridized carbons (Fsp3) is 0.500. The maximum atomic E-state index is 13.3. The first kappa shape index (κ1) is 16.2. The second-order valence-corrected chi connectivity index (χ2v) is 7.62. The third-order valence-corrected chi connectivity index (χ3v) is 5.98.